The summed E-state index contributed by atoms with van der Waals surface area (Å²) >= 11 is 0. The van der Waals surface area contributed by atoms with Crippen molar-refractivity contribution in [3.8, 4) is 5.75 Å². The number of aromatic hydroxyl groups is 1. The fourth-order valence-electron chi connectivity index (χ4n) is 1.05. The lowest BCUT2D eigenvalue weighted by atomic mass is 10.3. The van der Waals surface area contributed by atoms with Gasteiger partial charge in [-0.05, 0) is 26.0 Å². The predicted octanol–water partition coefficient (Wildman–Crippen LogP) is 0.600. The molecule has 0 unspecified atom stereocenters. The number of rotatable bonds is 3. The van der Waals surface area contributed by atoms with Gasteiger partial charge in [-0.15, -0.1) is 0 Å². The number of nitrogens with two attached hydrogens (primary N) is 1. The molecule has 0 spiro atoms. The first-order chi connectivity index (χ1) is 7.09. The van der Waals surface area contributed by atoms with Crippen molar-refractivity contribution in [1.82, 2.24) is 10.3 Å². The Balaban J connectivity index is 2.60. The Morgan fingerprint density at radius 2 is 2.40 bits per heavy atom. The van der Waals surface area contributed by atoms with E-state index in [0.717, 1.165) is 0 Å². The van der Waals surface area contributed by atoms with Crippen LogP contribution in [0.25, 0.3) is 0 Å². The van der Waals surface area contributed by atoms with Crippen molar-refractivity contribution >= 4 is 5.96 Å². The molecule has 0 aliphatic heterocycles. The Labute approximate surface area is 89.1 Å². The minimum atomic E-state index is 0.138. The fourth-order valence-corrected chi connectivity index (χ4v) is 1.05. The van der Waals surface area contributed by atoms with Crippen molar-refractivity contribution in [3.05, 3.63) is 24.0 Å². The van der Waals surface area contributed by atoms with E-state index < -0.39 is 0 Å². The van der Waals surface area contributed by atoms with Crippen LogP contribution in [0.3, 0.4) is 0 Å². The smallest absolute Gasteiger partial charge is 0.189 e. The van der Waals surface area contributed by atoms with E-state index in [9.17, 15) is 5.11 Å². The van der Waals surface area contributed by atoms with Crippen LogP contribution in [-0.2, 0) is 6.54 Å². The summed E-state index contributed by atoms with van der Waals surface area (Å²) in [7, 11) is 0. The Hall–Kier alpha value is -1.78. The van der Waals surface area contributed by atoms with E-state index in [4.69, 9.17) is 5.73 Å². The predicted molar refractivity (Wildman–Crippen MR) is 59.5 cm³/mol. The number of guanidine groups is 1. The third-order valence-corrected chi connectivity index (χ3v) is 1.70. The number of hydrogen-bond donors (Lipinski definition) is 3. The SMILES string of the molecule is CC(C)NC(N)=NCc1ncccc1O. The summed E-state index contributed by atoms with van der Waals surface area (Å²) in [5.74, 6) is 0.494. The summed E-state index contributed by atoms with van der Waals surface area (Å²) < 4.78 is 0. The van der Waals surface area contributed by atoms with Crippen molar-refractivity contribution in [2.24, 2.45) is 10.7 Å². The minimum Gasteiger partial charge on any atom is -0.506 e. The van der Waals surface area contributed by atoms with Crippen LogP contribution in [0.2, 0.25) is 0 Å². The normalized spacial score (nSPS) is 11.8. The maximum absolute atomic E-state index is 9.41. The van der Waals surface area contributed by atoms with Gasteiger partial charge in [0.2, 0.25) is 0 Å². The summed E-state index contributed by atoms with van der Waals surface area (Å²) in [5, 5.41) is 12.4. The second kappa shape index (κ2) is 5.19. The quantitative estimate of drug-likeness (QED) is 0.501. The van der Waals surface area contributed by atoms with Crippen LogP contribution in [0.1, 0.15) is 19.5 Å². The molecule has 0 aromatic carbocycles. The van der Waals surface area contributed by atoms with Crippen LogP contribution < -0.4 is 11.1 Å². The lowest BCUT2D eigenvalue weighted by molar-refractivity contribution is 0.464. The number of hydrogen-bond acceptors (Lipinski definition) is 3. The monoisotopic (exact) mass is 208 g/mol. The van der Waals surface area contributed by atoms with Gasteiger partial charge >= 0.3 is 0 Å². The summed E-state index contributed by atoms with van der Waals surface area (Å²) in [6, 6.07) is 3.48. The highest BCUT2D eigenvalue weighted by atomic mass is 16.3. The number of nitrogens with zero attached hydrogens (tertiary/aromatic N) is 2. The van der Waals surface area contributed by atoms with Gasteiger partial charge in [0.25, 0.3) is 0 Å². The average molecular weight is 208 g/mol. The summed E-state index contributed by atoms with van der Waals surface area (Å²) in [6.45, 7) is 4.22. The Kier molecular flexibility index (Phi) is 3.91. The van der Waals surface area contributed by atoms with Crippen molar-refractivity contribution < 1.29 is 5.11 Å². The molecular weight excluding hydrogens is 192 g/mol. The van der Waals surface area contributed by atoms with Crippen molar-refractivity contribution in [3.63, 3.8) is 0 Å². The van der Waals surface area contributed by atoms with Gasteiger partial charge < -0.3 is 16.2 Å². The van der Waals surface area contributed by atoms with Crippen LogP contribution in [0.5, 0.6) is 5.75 Å². The van der Waals surface area contributed by atoms with E-state index >= 15 is 0 Å². The van der Waals surface area contributed by atoms with Gasteiger partial charge in [0.15, 0.2) is 5.96 Å². The topological polar surface area (TPSA) is 83.5 Å². The molecule has 0 aliphatic carbocycles. The first-order valence-electron chi connectivity index (χ1n) is 4.79. The number of pyridine rings is 1. The maximum atomic E-state index is 9.41. The standard InChI is InChI=1S/C10H16N4O/c1-7(2)14-10(11)13-6-8-9(15)4-3-5-12-8/h3-5,7,15H,6H2,1-2H3,(H3,11,13,14). The summed E-state index contributed by atoms with van der Waals surface area (Å²) in [6.07, 6.45) is 1.61. The van der Waals surface area contributed by atoms with E-state index in [1.165, 1.54) is 0 Å². The molecule has 82 valence electrons. The molecule has 5 nitrogen and oxygen atoms in total. The third-order valence-electron chi connectivity index (χ3n) is 1.70. The van der Waals surface area contributed by atoms with Gasteiger partial charge in [-0.1, -0.05) is 0 Å². The molecule has 0 bridgehead atoms. The highest BCUT2D eigenvalue weighted by Gasteiger charge is 2.00. The molecule has 0 aliphatic rings. The van der Waals surface area contributed by atoms with Gasteiger partial charge in [-0.25, -0.2) is 4.99 Å². The van der Waals surface area contributed by atoms with Crippen molar-refractivity contribution in [2.75, 3.05) is 0 Å². The molecule has 0 saturated carbocycles. The highest BCUT2D eigenvalue weighted by Crippen LogP contribution is 2.12. The van der Waals surface area contributed by atoms with Crippen LogP contribution >= 0.6 is 0 Å². The van der Waals surface area contributed by atoms with E-state index in [1.54, 1.807) is 18.3 Å². The summed E-state index contributed by atoms with van der Waals surface area (Å²) in [4.78, 5) is 8.05. The second-order valence-corrected chi connectivity index (χ2v) is 3.47. The molecule has 1 heterocycles. The van der Waals surface area contributed by atoms with Crippen LogP contribution in [0.15, 0.2) is 23.3 Å². The molecule has 1 rings (SSSR count). The summed E-state index contributed by atoms with van der Waals surface area (Å²) in [5.41, 5.74) is 6.12. The van der Waals surface area contributed by atoms with Gasteiger partial charge in [-0.3, -0.25) is 4.98 Å². The van der Waals surface area contributed by atoms with E-state index in [2.05, 4.69) is 15.3 Å². The maximum Gasteiger partial charge on any atom is 0.189 e. The highest BCUT2D eigenvalue weighted by molar-refractivity contribution is 5.78. The molecule has 15 heavy (non-hydrogen) atoms. The molecule has 0 radical (unpaired) electrons. The zero-order valence-electron chi connectivity index (χ0n) is 8.94. The second-order valence-electron chi connectivity index (χ2n) is 3.47. The Morgan fingerprint density at radius 1 is 1.67 bits per heavy atom. The molecule has 4 N–H and O–H groups in total. The zero-order chi connectivity index (χ0) is 11.3. The van der Waals surface area contributed by atoms with Gasteiger partial charge in [0, 0.05) is 12.2 Å². The Morgan fingerprint density at radius 3 is 3.00 bits per heavy atom. The first-order valence-corrected chi connectivity index (χ1v) is 4.79. The lowest BCUT2D eigenvalue weighted by Crippen LogP contribution is -2.36. The molecule has 1 aromatic rings. The fraction of sp³-hybridized carbons (Fsp3) is 0.400. The molecular formula is C10H16N4O. The van der Waals surface area contributed by atoms with Gasteiger partial charge in [0.05, 0.1) is 6.54 Å². The van der Waals surface area contributed by atoms with Crippen molar-refractivity contribution in [1.29, 1.82) is 0 Å². The largest absolute Gasteiger partial charge is 0.506 e. The molecule has 0 fully saturated rings. The zero-order valence-corrected chi connectivity index (χ0v) is 8.94. The number of aliphatic imine (C=N–C) groups is 1. The van der Waals surface area contributed by atoms with Crippen LogP contribution in [-0.4, -0.2) is 22.1 Å². The van der Waals surface area contributed by atoms with Crippen LogP contribution in [0, 0.1) is 0 Å². The Bertz CT molecular complexity index is 349. The molecule has 0 amide bonds. The lowest BCUT2D eigenvalue weighted by Gasteiger charge is -2.08. The third kappa shape index (κ3) is 3.84. The first kappa shape index (κ1) is 11.3. The molecule has 1 aromatic heterocycles. The molecule has 0 saturated heterocycles. The van der Waals surface area contributed by atoms with Crippen molar-refractivity contribution in [2.45, 2.75) is 26.4 Å². The van der Waals surface area contributed by atoms with Gasteiger partial charge in [0.1, 0.15) is 11.4 Å². The van der Waals surface area contributed by atoms with E-state index in [0.29, 0.717) is 11.7 Å². The molecule has 0 atom stereocenters. The van der Waals surface area contributed by atoms with Crippen LogP contribution in [0.4, 0.5) is 0 Å². The van der Waals surface area contributed by atoms with Gasteiger partial charge in [-0.2, -0.15) is 0 Å². The number of aromatic nitrogens is 1. The minimum absolute atomic E-state index is 0.138. The van der Waals surface area contributed by atoms with E-state index in [-0.39, 0.29) is 18.3 Å². The van der Waals surface area contributed by atoms with E-state index in [1.807, 2.05) is 13.8 Å². The molecule has 5 heteroatoms. The average Bonchev–Trinajstić information content (AvgIpc) is 2.15. The number of nitrogens with one attached hydrogen (secondary N) is 1.